The fraction of sp³-hybridized carbons (Fsp3) is 0.545. The number of thiophene rings is 1. The van der Waals surface area contributed by atoms with Gasteiger partial charge in [-0.1, -0.05) is 55.7 Å². The summed E-state index contributed by atoms with van der Waals surface area (Å²) in [4.78, 5) is 1.09. The summed E-state index contributed by atoms with van der Waals surface area (Å²) < 4.78 is 0. The van der Waals surface area contributed by atoms with Gasteiger partial charge in [-0.15, -0.1) is 11.3 Å². The van der Waals surface area contributed by atoms with Crippen LogP contribution in [-0.4, -0.2) is 22.8 Å². The van der Waals surface area contributed by atoms with Crippen LogP contribution in [-0.2, 0) is 5.60 Å². The van der Waals surface area contributed by atoms with Crippen LogP contribution in [0.15, 0.2) is 47.8 Å². The molecule has 0 amide bonds. The van der Waals surface area contributed by atoms with Crippen molar-refractivity contribution < 1.29 is 10.2 Å². The average Bonchev–Trinajstić information content (AvgIpc) is 3.24. The SMILES string of the molecule is CC(NCCC(O)(c1cccs1)C1CCCCC1)C(O)c1ccccc1. The highest BCUT2D eigenvalue weighted by Gasteiger charge is 2.39. The van der Waals surface area contributed by atoms with Gasteiger partial charge in [-0.05, 0) is 55.7 Å². The van der Waals surface area contributed by atoms with Gasteiger partial charge in [0.15, 0.2) is 0 Å². The summed E-state index contributed by atoms with van der Waals surface area (Å²) in [5.74, 6) is 0.339. The van der Waals surface area contributed by atoms with Crippen molar-refractivity contribution in [2.45, 2.75) is 63.2 Å². The lowest BCUT2D eigenvalue weighted by Crippen LogP contribution is -2.41. The quantitative estimate of drug-likeness (QED) is 0.633. The van der Waals surface area contributed by atoms with Crippen molar-refractivity contribution in [3.63, 3.8) is 0 Å². The highest BCUT2D eigenvalue weighted by Crippen LogP contribution is 2.43. The first-order chi connectivity index (χ1) is 12.6. The third-order valence-corrected chi connectivity index (χ3v) is 6.85. The fourth-order valence-corrected chi connectivity index (χ4v) is 5.11. The van der Waals surface area contributed by atoms with Gasteiger partial charge in [-0.3, -0.25) is 0 Å². The topological polar surface area (TPSA) is 52.5 Å². The second-order valence-corrected chi connectivity index (χ2v) is 8.53. The molecule has 1 aliphatic carbocycles. The zero-order valence-electron chi connectivity index (χ0n) is 15.6. The lowest BCUT2D eigenvalue weighted by atomic mass is 9.74. The van der Waals surface area contributed by atoms with E-state index in [1.165, 1.54) is 19.3 Å². The van der Waals surface area contributed by atoms with Crippen molar-refractivity contribution in [2.24, 2.45) is 5.92 Å². The molecule has 1 aliphatic rings. The Labute approximate surface area is 161 Å². The molecular weight excluding hydrogens is 342 g/mol. The number of rotatable bonds is 8. The van der Waals surface area contributed by atoms with Crippen molar-refractivity contribution in [1.82, 2.24) is 5.32 Å². The Morgan fingerprint density at radius 1 is 1.12 bits per heavy atom. The molecule has 26 heavy (non-hydrogen) atoms. The number of nitrogens with one attached hydrogen (secondary N) is 1. The predicted octanol–water partition coefficient (Wildman–Crippen LogP) is 4.62. The molecule has 0 saturated heterocycles. The van der Waals surface area contributed by atoms with Crippen molar-refractivity contribution in [3.05, 3.63) is 58.3 Å². The first kappa shape index (κ1) is 19.6. The van der Waals surface area contributed by atoms with Crippen LogP contribution in [0.25, 0.3) is 0 Å². The first-order valence-corrected chi connectivity index (χ1v) is 10.7. The van der Waals surface area contributed by atoms with Crippen LogP contribution in [0.3, 0.4) is 0 Å². The van der Waals surface area contributed by atoms with Gasteiger partial charge in [0.2, 0.25) is 0 Å². The summed E-state index contributed by atoms with van der Waals surface area (Å²) in [5.41, 5.74) is 0.173. The van der Waals surface area contributed by atoms with Crippen LogP contribution in [0, 0.1) is 5.92 Å². The zero-order chi connectivity index (χ0) is 18.4. The first-order valence-electron chi connectivity index (χ1n) is 9.84. The number of aliphatic hydroxyl groups excluding tert-OH is 1. The molecule has 1 saturated carbocycles. The van der Waals surface area contributed by atoms with Gasteiger partial charge in [-0.25, -0.2) is 0 Å². The summed E-state index contributed by atoms with van der Waals surface area (Å²) in [6, 6.07) is 13.8. The van der Waals surface area contributed by atoms with Crippen molar-refractivity contribution in [2.75, 3.05) is 6.54 Å². The zero-order valence-corrected chi connectivity index (χ0v) is 16.4. The third-order valence-electron chi connectivity index (χ3n) is 5.82. The Bertz CT molecular complexity index is 639. The van der Waals surface area contributed by atoms with Crippen molar-refractivity contribution in [1.29, 1.82) is 0 Å². The molecule has 4 heteroatoms. The maximum atomic E-state index is 11.6. The van der Waals surface area contributed by atoms with Gasteiger partial charge in [0.25, 0.3) is 0 Å². The van der Waals surface area contributed by atoms with Crippen molar-refractivity contribution in [3.8, 4) is 0 Å². The minimum absolute atomic E-state index is 0.0589. The molecule has 1 aromatic carbocycles. The summed E-state index contributed by atoms with van der Waals surface area (Å²) in [6.45, 7) is 2.69. The number of hydrogen-bond acceptors (Lipinski definition) is 4. The molecule has 3 nitrogen and oxygen atoms in total. The second kappa shape index (κ2) is 9.14. The molecule has 1 heterocycles. The van der Waals surface area contributed by atoms with Crippen LogP contribution >= 0.6 is 11.3 Å². The molecule has 0 bridgehead atoms. The molecule has 3 rings (SSSR count). The fourth-order valence-electron chi connectivity index (χ4n) is 4.17. The number of aliphatic hydroxyl groups is 2. The average molecular weight is 374 g/mol. The van der Waals surface area contributed by atoms with Gasteiger partial charge in [0.05, 0.1) is 6.10 Å². The minimum atomic E-state index is -0.751. The Hall–Kier alpha value is -1.20. The lowest BCUT2D eigenvalue weighted by Gasteiger charge is -2.38. The highest BCUT2D eigenvalue weighted by molar-refractivity contribution is 7.10. The van der Waals surface area contributed by atoms with Crippen LogP contribution in [0.5, 0.6) is 0 Å². The molecule has 1 fully saturated rings. The second-order valence-electron chi connectivity index (χ2n) is 7.58. The van der Waals surface area contributed by atoms with Gasteiger partial charge < -0.3 is 15.5 Å². The van der Waals surface area contributed by atoms with Gasteiger partial charge in [0.1, 0.15) is 5.60 Å². The smallest absolute Gasteiger partial charge is 0.103 e. The van der Waals surface area contributed by atoms with Gasteiger partial charge in [-0.2, -0.15) is 0 Å². The van der Waals surface area contributed by atoms with E-state index >= 15 is 0 Å². The predicted molar refractivity (Wildman–Crippen MR) is 108 cm³/mol. The Kier molecular flexibility index (Phi) is 6.87. The van der Waals surface area contributed by atoms with E-state index in [2.05, 4.69) is 16.8 Å². The number of hydrogen-bond donors (Lipinski definition) is 3. The molecular formula is C22H31NO2S. The molecule has 1 aromatic heterocycles. The van der Waals surface area contributed by atoms with E-state index in [1.807, 2.05) is 43.3 Å². The lowest BCUT2D eigenvalue weighted by molar-refractivity contribution is -0.0435. The maximum Gasteiger partial charge on any atom is 0.103 e. The molecule has 0 radical (unpaired) electrons. The molecule has 3 unspecified atom stereocenters. The molecule has 3 N–H and O–H groups in total. The largest absolute Gasteiger partial charge is 0.387 e. The van der Waals surface area contributed by atoms with Crippen LogP contribution in [0.1, 0.15) is 62.0 Å². The Balaban J connectivity index is 1.61. The summed E-state index contributed by atoms with van der Waals surface area (Å²) in [7, 11) is 0. The number of benzene rings is 1. The van der Waals surface area contributed by atoms with Crippen LogP contribution < -0.4 is 5.32 Å². The maximum absolute atomic E-state index is 11.6. The van der Waals surface area contributed by atoms with E-state index < -0.39 is 11.7 Å². The molecule has 0 aliphatic heterocycles. The molecule has 0 spiro atoms. The summed E-state index contributed by atoms with van der Waals surface area (Å²) in [6.07, 6.45) is 6.08. The molecule has 142 valence electrons. The normalized spacial score (nSPS) is 20.4. The van der Waals surface area contributed by atoms with E-state index in [4.69, 9.17) is 0 Å². The Morgan fingerprint density at radius 3 is 2.50 bits per heavy atom. The van der Waals surface area contributed by atoms with Gasteiger partial charge in [0, 0.05) is 10.9 Å². The van der Waals surface area contributed by atoms with Crippen LogP contribution in [0.4, 0.5) is 0 Å². The van der Waals surface area contributed by atoms with E-state index in [1.54, 1.807) is 11.3 Å². The third kappa shape index (κ3) is 4.55. The van der Waals surface area contributed by atoms with Gasteiger partial charge >= 0.3 is 0 Å². The standard InChI is InChI=1S/C22H31NO2S/c1-17(21(24)18-9-4-2-5-10-18)23-15-14-22(25,20-13-8-16-26-20)19-11-6-3-7-12-19/h2,4-5,8-10,13,16-17,19,21,23-25H,3,6-7,11-12,14-15H2,1H3. The van der Waals surface area contributed by atoms with E-state index in [-0.39, 0.29) is 6.04 Å². The van der Waals surface area contributed by atoms with E-state index in [0.717, 1.165) is 23.3 Å². The Morgan fingerprint density at radius 2 is 1.85 bits per heavy atom. The summed E-state index contributed by atoms with van der Waals surface area (Å²) in [5, 5.41) is 27.6. The molecule has 2 aromatic rings. The monoisotopic (exact) mass is 373 g/mol. The van der Waals surface area contributed by atoms with Crippen molar-refractivity contribution >= 4 is 11.3 Å². The van der Waals surface area contributed by atoms with Crippen LogP contribution in [0.2, 0.25) is 0 Å². The highest BCUT2D eigenvalue weighted by atomic mass is 32.1. The summed E-state index contributed by atoms with van der Waals surface area (Å²) >= 11 is 1.66. The molecule has 3 atom stereocenters. The minimum Gasteiger partial charge on any atom is -0.387 e. The van der Waals surface area contributed by atoms with E-state index in [9.17, 15) is 10.2 Å². The van der Waals surface area contributed by atoms with E-state index in [0.29, 0.717) is 18.9 Å².